The molecule has 0 atom stereocenters. The van der Waals surface area contributed by atoms with Crippen LogP contribution in [0.25, 0.3) is 5.69 Å². The van der Waals surface area contributed by atoms with Gasteiger partial charge in [-0.3, -0.25) is 9.59 Å². The second-order valence-corrected chi connectivity index (χ2v) is 7.90. The average Bonchev–Trinajstić information content (AvgIpc) is 2.89. The van der Waals surface area contributed by atoms with Gasteiger partial charge in [0.25, 0.3) is 11.5 Å². The minimum Gasteiger partial charge on any atom is -0.453 e. The van der Waals surface area contributed by atoms with E-state index in [1.807, 2.05) is 25.1 Å². The molecule has 184 valence electrons. The van der Waals surface area contributed by atoms with Crippen molar-refractivity contribution >= 4 is 17.3 Å². The Morgan fingerprint density at radius 1 is 1.00 bits per heavy atom. The largest absolute Gasteiger partial charge is 0.453 e. The van der Waals surface area contributed by atoms with Gasteiger partial charge < -0.3 is 20.1 Å². The molecular weight excluding hydrogens is 463 g/mol. The number of ether oxygens (including phenoxy) is 2. The Bertz CT molecular complexity index is 1400. The molecular formula is C27H25FN4O4. The van der Waals surface area contributed by atoms with Crippen molar-refractivity contribution in [2.24, 2.45) is 0 Å². The molecule has 1 aromatic heterocycles. The van der Waals surface area contributed by atoms with Crippen LogP contribution in [0.5, 0.6) is 11.5 Å². The number of para-hydroxylation sites is 1. The molecule has 1 heterocycles. The summed E-state index contributed by atoms with van der Waals surface area (Å²) in [7, 11) is 1.56. The zero-order chi connectivity index (χ0) is 25.5. The van der Waals surface area contributed by atoms with Crippen LogP contribution in [-0.4, -0.2) is 35.9 Å². The summed E-state index contributed by atoms with van der Waals surface area (Å²) >= 11 is 0. The molecule has 9 heteroatoms. The van der Waals surface area contributed by atoms with Gasteiger partial charge in [0, 0.05) is 24.9 Å². The number of carbonyl (C=O) groups is 1. The van der Waals surface area contributed by atoms with Gasteiger partial charge in [-0.1, -0.05) is 18.2 Å². The number of hydrogen-bond donors (Lipinski definition) is 2. The van der Waals surface area contributed by atoms with E-state index in [2.05, 4.69) is 15.7 Å². The molecule has 0 saturated carbocycles. The Kier molecular flexibility index (Phi) is 7.72. The van der Waals surface area contributed by atoms with Crippen molar-refractivity contribution in [1.82, 2.24) is 15.1 Å². The van der Waals surface area contributed by atoms with Crippen LogP contribution in [0.15, 0.2) is 83.8 Å². The van der Waals surface area contributed by atoms with E-state index >= 15 is 0 Å². The molecule has 0 aliphatic rings. The highest BCUT2D eigenvalue weighted by Gasteiger charge is 2.16. The molecule has 0 radical (unpaired) electrons. The average molecular weight is 489 g/mol. The van der Waals surface area contributed by atoms with Gasteiger partial charge in [-0.2, -0.15) is 9.78 Å². The first-order chi connectivity index (χ1) is 17.5. The number of rotatable bonds is 9. The van der Waals surface area contributed by atoms with E-state index in [0.717, 1.165) is 10.2 Å². The van der Waals surface area contributed by atoms with E-state index in [0.29, 0.717) is 35.8 Å². The van der Waals surface area contributed by atoms with Gasteiger partial charge in [-0.05, 0) is 67.1 Å². The van der Waals surface area contributed by atoms with Crippen molar-refractivity contribution in [3.8, 4) is 17.2 Å². The molecule has 4 rings (SSSR count). The predicted octanol–water partition coefficient (Wildman–Crippen LogP) is 4.59. The van der Waals surface area contributed by atoms with E-state index in [-0.39, 0.29) is 17.3 Å². The van der Waals surface area contributed by atoms with Crippen molar-refractivity contribution in [3.05, 3.63) is 106 Å². The minimum absolute atomic E-state index is 0.134. The molecule has 0 aliphatic carbocycles. The minimum atomic E-state index is -0.492. The summed E-state index contributed by atoms with van der Waals surface area (Å²) in [6.45, 7) is 2.71. The lowest BCUT2D eigenvalue weighted by Gasteiger charge is -2.15. The smallest absolute Gasteiger partial charge is 0.299 e. The molecule has 4 aromatic rings. The van der Waals surface area contributed by atoms with E-state index in [1.165, 1.54) is 30.5 Å². The van der Waals surface area contributed by atoms with Gasteiger partial charge in [-0.25, -0.2) is 4.39 Å². The second-order valence-electron chi connectivity index (χ2n) is 7.90. The number of amides is 1. The number of halogens is 1. The molecule has 0 bridgehead atoms. The van der Waals surface area contributed by atoms with Crippen LogP contribution in [-0.2, 0) is 4.74 Å². The number of carbonyl (C=O) groups excluding carboxylic acids is 1. The standard InChI is InChI=1S/C27H25FN4O4/c1-18-5-3-4-6-23(18)36-24-17-30-32(22-13-9-20(28)10-14-22)27(34)25(24)31-21-11-7-19(8-12-21)26(33)29-15-16-35-2/h3-14,17,31H,15-16H2,1-2H3,(H,29,33). The first-order valence-corrected chi connectivity index (χ1v) is 11.2. The maximum absolute atomic E-state index is 13.5. The molecule has 3 aromatic carbocycles. The molecule has 36 heavy (non-hydrogen) atoms. The van der Waals surface area contributed by atoms with Crippen LogP contribution in [0.2, 0.25) is 0 Å². The van der Waals surface area contributed by atoms with Crippen molar-refractivity contribution in [3.63, 3.8) is 0 Å². The van der Waals surface area contributed by atoms with Crippen molar-refractivity contribution in [1.29, 1.82) is 0 Å². The summed E-state index contributed by atoms with van der Waals surface area (Å²) in [4.78, 5) is 25.7. The quantitative estimate of drug-likeness (QED) is 0.335. The maximum Gasteiger partial charge on any atom is 0.299 e. The number of methoxy groups -OCH3 is 1. The Morgan fingerprint density at radius 2 is 1.72 bits per heavy atom. The summed E-state index contributed by atoms with van der Waals surface area (Å²) in [5.41, 5.74) is 1.95. The number of hydrogen-bond acceptors (Lipinski definition) is 6. The molecule has 0 saturated heterocycles. The zero-order valence-electron chi connectivity index (χ0n) is 19.8. The lowest BCUT2D eigenvalue weighted by atomic mass is 10.2. The van der Waals surface area contributed by atoms with Crippen LogP contribution in [0, 0.1) is 12.7 Å². The first-order valence-electron chi connectivity index (χ1n) is 11.2. The number of anilines is 2. The van der Waals surface area contributed by atoms with E-state index in [9.17, 15) is 14.0 Å². The van der Waals surface area contributed by atoms with Crippen molar-refractivity contribution < 1.29 is 18.7 Å². The van der Waals surface area contributed by atoms with Crippen LogP contribution in [0.1, 0.15) is 15.9 Å². The summed E-state index contributed by atoms with van der Waals surface area (Å²) in [6.07, 6.45) is 1.43. The highest BCUT2D eigenvalue weighted by Crippen LogP contribution is 2.30. The third-order valence-electron chi connectivity index (χ3n) is 5.34. The Labute approximate surface area is 207 Å². The van der Waals surface area contributed by atoms with E-state index in [1.54, 1.807) is 37.4 Å². The monoisotopic (exact) mass is 488 g/mol. The normalized spacial score (nSPS) is 10.6. The lowest BCUT2D eigenvalue weighted by Crippen LogP contribution is -2.26. The van der Waals surface area contributed by atoms with Crippen molar-refractivity contribution in [2.75, 3.05) is 25.6 Å². The highest BCUT2D eigenvalue weighted by atomic mass is 19.1. The van der Waals surface area contributed by atoms with Crippen molar-refractivity contribution in [2.45, 2.75) is 6.92 Å². The predicted molar refractivity (Wildman–Crippen MR) is 135 cm³/mol. The van der Waals surface area contributed by atoms with Gasteiger partial charge >= 0.3 is 0 Å². The number of aryl methyl sites for hydroxylation is 1. The fourth-order valence-corrected chi connectivity index (χ4v) is 3.40. The van der Waals surface area contributed by atoms with Crippen LogP contribution in [0.3, 0.4) is 0 Å². The number of benzene rings is 3. The van der Waals surface area contributed by atoms with E-state index in [4.69, 9.17) is 9.47 Å². The second kappa shape index (κ2) is 11.3. The Morgan fingerprint density at radius 3 is 2.42 bits per heavy atom. The first kappa shape index (κ1) is 24.6. The molecule has 1 amide bonds. The van der Waals surface area contributed by atoms with Gasteiger partial charge in [0.2, 0.25) is 0 Å². The summed E-state index contributed by atoms with van der Waals surface area (Å²) in [5.74, 6) is 0.138. The third-order valence-corrected chi connectivity index (χ3v) is 5.34. The number of nitrogens with zero attached hydrogens (tertiary/aromatic N) is 2. The van der Waals surface area contributed by atoms with E-state index < -0.39 is 11.4 Å². The fraction of sp³-hybridized carbons (Fsp3) is 0.148. The SMILES string of the molecule is COCCNC(=O)c1ccc(Nc2c(Oc3ccccc3C)cnn(-c3ccc(F)cc3)c2=O)cc1. The molecule has 0 spiro atoms. The maximum atomic E-state index is 13.5. The Hall–Kier alpha value is -4.50. The summed E-state index contributed by atoms with van der Waals surface area (Å²) in [5, 5.41) is 10.1. The number of nitrogens with one attached hydrogen (secondary N) is 2. The summed E-state index contributed by atoms with van der Waals surface area (Å²) in [6, 6.07) is 19.5. The Balaban J connectivity index is 1.68. The third kappa shape index (κ3) is 5.76. The number of aromatic nitrogens is 2. The molecule has 0 unspecified atom stereocenters. The van der Waals surface area contributed by atoms with Gasteiger partial charge in [0.1, 0.15) is 11.6 Å². The van der Waals surface area contributed by atoms with Gasteiger partial charge in [0.05, 0.1) is 18.5 Å². The summed E-state index contributed by atoms with van der Waals surface area (Å²) < 4.78 is 25.6. The fourth-order valence-electron chi connectivity index (χ4n) is 3.40. The molecule has 2 N–H and O–H groups in total. The zero-order valence-corrected chi connectivity index (χ0v) is 19.8. The van der Waals surface area contributed by atoms with Crippen LogP contribution >= 0.6 is 0 Å². The van der Waals surface area contributed by atoms with Crippen LogP contribution in [0.4, 0.5) is 15.8 Å². The van der Waals surface area contributed by atoms with Crippen LogP contribution < -0.4 is 20.9 Å². The topological polar surface area (TPSA) is 94.5 Å². The van der Waals surface area contributed by atoms with Gasteiger partial charge in [0.15, 0.2) is 11.4 Å². The van der Waals surface area contributed by atoms with Gasteiger partial charge in [-0.15, -0.1) is 0 Å². The molecule has 0 aliphatic heterocycles. The lowest BCUT2D eigenvalue weighted by molar-refractivity contribution is 0.0937. The molecule has 8 nitrogen and oxygen atoms in total. The molecule has 0 fully saturated rings. The highest BCUT2D eigenvalue weighted by molar-refractivity contribution is 5.94.